The van der Waals surface area contributed by atoms with Gasteiger partial charge < -0.3 is 15.1 Å². The van der Waals surface area contributed by atoms with E-state index in [4.69, 9.17) is 0 Å². The van der Waals surface area contributed by atoms with Crippen LogP contribution in [0.3, 0.4) is 0 Å². The zero-order chi connectivity index (χ0) is 19.5. The Labute approximate surface area is 164 Å². The van der Waals surface area contributed by atoms with Crippen LogP contribution in [-0.4, -0.2) is 53.0 Å². The van der Waals surface area contributed by atoms with Gasteiger partial charge in [-0.15, -0.1) is 0 Å². The van der Waals surface area contributed by atoms with Gasteiger partial charge in [-0.1, -0.05) is 25.0 Å². The van der Waals surface area contributed by atoms with E-state index in [0.717, 1.165) is 18.5 Å². The van der Waals surface area contributed by atoms with E-state index >= 15 is 0 Å². The fourth-order valence-corrected chi connectivity index (χ4v) is 4.02. The molecule has 2 aromatic rings. The van der Waals surface area contributed by atoms with Crippen LogP contribution in [0.15, 0.2) is 30.3 Å². The Morgan fingerprint density at radius 1 is 1.11 bits per heavy atom. The van der Waals surface area contributed by atoms with Gasteiger partial charge in [0, 0.05) is 37.9 Å². The Morgan fingerprint density at radius 3 is 2.54 bits per heavy atom. The number of amides is 1. The molecular formula is C21H26FN5O. The van der Waals surface area contributed by atoms with Crippen LogP contribution in [-0.2, 0) is 0 Å². The largest absolute Gasteiger partial charge is 0.366 e. The molecule has 0 unspecified atom stereocenters. The van der Waals surface area contributed by atoms with Crippen molar-refractivity contribution in [3.05, 3.63) is 47.5 Å². The number of nitrogens with one attached hydrogen (secondary N) is 1. The van der Waals surface area contributed by atoms with Crippen molar-refractivity contribution in [3.63, 3.8) is 0 Å². The zero-order valence-electron chi connectivity index (χ0n) is 16.2. The molecule has 0 spiro atoms. The van der Waals surface area contributed by atoms with Gasteiger partial charge in [0.15, 0.2) is 0 Å². The minimum atomic E-state index is -0.226. The molecule has 1 aliphatic heterocycles. The monoisotopic (exact) mass is 383 g/mol. The number of hydrogen-bond acceptors (Lipinski definition) is 5. The van der Waals surface area contributed by atoms with Gasteiger partial charge >= 0.3 is 0 Å². The summed E-state index contributed by atoms with van der Waals surface area (Å²) in [6.07, 6.45) is 4.69. The molecule has 6 nitrogen and oxygen atoms in total. The van der Waals surface area contributed by atoms with E-state index in [-0.39, 0.29) is 11.7 Å². The van der Waals surface area contributed by atoms with Crippen molar-refractivity contribution in [2.75, 3.05) is 36.4 Å². The Balaban J connectivity index is 1.42. The van der Waals surface area contributed by atoms with Crippen LogP contribution in [0.4, 0.5) is 16.0 Å². The smallest absolute Gasteiger partial charge is 0.272 e. The molecule has 7 heteroatoms. The van der Waals surface area contributed by atoms with Gasteiger partial charge in [0.2, 0.25) is 5.95 Å². The molecule has 1 aromatic carbocycles. The molecule has 0 radical (unpaired) electrons. The topological polar surface area (TPSA) is 61.4 Å². The Kier molecular flexibility index (Phi) is 5.41. The summed E-state index contributed by atoms with van der Waals surface area (Å²) < 4.78 is 14.0. The first kappa shape index (κ1) is 18.7. The Morgan fingerprint density at radius 2 is 1.82 bits per heavy atom. The summed E-state index contributed by atoms with van der Waals surface area (Å²) in [5, 5.41) is 3.37. The number of anilines is 2. The molecule has 0 bridgehead atoms. The number of carbonyl (C=O) groups excluding carboxylic acids is 1. The van der Waals surface area contributed by atoms with Gasteiger partial charge in [0.1, 0.15) is 11.5 Å². The number of nitrogens with zero attached hydrogens (tertiary/aromatic N) is 4. The number of rotatable bonds is 4. The lowest BCUT2D eigenvalue weighted by molar-refractivity contribution is 0.0740. The summed E-state index contributed by atoms with van der Waals surface area (Å²) >= 11 is 0. The SMILES string of the molecule is Cc1cc(C(=O)N2CCN(c3ccccc3F)CC2)nc(NC2CCCC2)n1. The maximum atomic E-state index is 14.0. The number of piperazine rings is 1. The second-order valence-corrected chi connectivity index (χ2v) is 7.57. The van der Waals surface area contributed by atoms with E-state index in [1.54, 1.807) is 23.1 Å². The predicted molar refractivity (Wildman–Crippen MR) is 107 cm³/mol. The van der Waals surface area contributed by atoms with Gasteiger partial charge in [0.05, 0.1) is 5.69 Å². The number of benzene rings is 1. The van der Waals surface area contributed by atoms with Crippen LogP contribution in [0.1, 0.15) is 41.9 Å². The minimum absolute atomic E-state index is 0.0897. The number of aromatic nitrogens is 2. The summed E-state index contributed by atoms with van der Waals surface area (Å²) in [5.41, 5.74) is 1.80. The molecule has 28 heavy (non-hydrogen) atoms. The van der Waals surface area contributed by atoms with Crippen LogP contribution in [0, 0.1) is 12.7 Å². The maximum absolute atomic E-state index is 14.0. The molecule has 1 N–H and O–H groups in total. The first-order valence-corrected chi connectivity index (χ1v) is 10.0. The van der Waals surface area contributed by atoms with Crippen LogP contribution >= 0.6 is 0 Å². The Hall–Kier alpha value is -2.70. The van der Waals surface area contributed by atoms with Crippen molar-refractivity contribution < 1.29 is 9.18 Å². The highest BCUT2D eigenvalue weighted by atomic mass is 19.1. The summed E-state index contributed by atoms with van der Waals surface area (Å²) in [5.74, 6) is 0.227. The second kappa shape index (κ2) is 8.12. The third kappa shape index (κ3) is 4.08. The normalized spacial score (nSPS) is 17.8. The summed E-state index contributed by atoms with van der Waals surface area (Å²) in [6, 6.07) is 8.91. The number of carbonyl (C=O) groups is 1. The van der Waals surface area contributed by atoms with Gasteiger partial charge in [-0.3, -0.25) is 4.79 Å². The van der Waals surface area contributed by atoms with Crippen LogP contribution in [0.5, 0.6) is 0 Å². The first-order valence-electron chi connectivity index (χ1n) is 10.0. The summed E-state index contributed by atoms with van der Waals surface area (Å²) in [7, 11) is 0. The summed E-state index contributed by atoms with van der Waals surface area (Å²) in [4.78, 5) is 25.7. The van der Waals surface area contributed by atoms with E-state index < -0.39 is 0 Å². The van der Waals surface area contributed by atoms with Crippen molar-refractivity contribution in [1.82, 2.24) is 14.9 Å². The molecular weight excluding hydrogens is 357 g/mol. The lowest BCUT2D eigenvalue weighted by Gasteiger charge is -2.36. The Bertz CT molecular complexity index is 844. The average Bonchev–Trinajstić information content (AvgIpc) is 3.20. The lowest BCUT2D eigenvalue weighted by atomic mass is 10.2. The number of aryl methyl sites for hydroxylation is 1. The molecule has 1 aliphatic carbocycles. The van der Waals surface area contributed by atoms with E-state index in [1.165, 1.54) is 18.9 Å². The van der Waals surface area contributed by atoms with E-state index in [1.807, 2.05) is 17.9 Å². The van der Waals surface area contributed by atoms with Crippen molar-refractivity contribution >= 4 is 17.5 Å². The van der Waals surface area contributed by atoms with Gasteiger partial charge in [-0.25, -0.2) is 14.4 Å². The second-order valence-electron chi connectivity index (χ2n) is 7.57. The molecule has 1 amide bonds. The van der Waals surface area contributed by atoms with Gasteiger partial charge in [-0.2, -0.15) is 0 Å². The molecule has 1 aromatic heterocycles. The van der Waals surface area contributed by atoms with E-state index in [2.05, 4.69) is 15.3 Å². The quantitative estimate of drug-likeness (QED) is 0.878. The number of para-hydroxylation sites is 1. The van der Waals surface area contributed by atoms with Crippen LogP contribution < -0.4 is 10.2 Å². The zero-order valence-corrected chi connectivity index (χ0v) is 16.2. The maximum Gasteiger partial charge on any atom is 0.272 e. The minimum Gasteiger partial charge on any atom is -0.366 e. The highest BCUT2D eigenvalue weighted by Gasteiger charge is 2.25. The average molecular weight is 383 g/mol. The van der Waals surface area contributed by atoms with Crippen molar-refractivity contribution in [2.45, 2.75) is 38.6 Å². The lowest BCUT2D eigenvalue weighted by Crippen LogP contribution is -2.49. The molecule has 4 rings (SSSR count). The fourth-order valence-electron chi connectivity index (χ4n) is 4.02. The fraction of sp³-hybridized carbons (Fsp3) is 0.476. The molecule has 2 aliphatic rings. The molecule has 2 heterocycles. The van der Waals surface area contributed by atoms with E-state index in [9.17, 15) is 9.18 Å². The van der Waals surface area contributed by atoms with Gasteiger partial charge in [-0.05, 0) is 38.0 Å². The molecule has 0 atom stereocenters. The third-order valence-corrected chi connectivity index (χ3v) is 5.52. The van der Waals surface area contributed by atoms with E-state index in [0.29, 0.717) is 49.6 Å². The standard InChI is InChI=1S/C21H26FN5O/c1-15-14-18(25-21(23-15)24-16-6-2-3-7-16)20(28)27-12-10-26(11-13-27)19-9-5-4-8-17(19)22/h4-5,8-9,14,16H,2-3,6-7,10-13H2,1H3,(H,23,24,25). The third-order valence-electron chi connectivity index (χ3n) is 5.52. The predicted octanol–water partition coefficient (Wildman–Crippen LogP) is 3.24. The van der Waals surface area contributed by atoms with Crippen molar-refractivity contribution in [3.8, 4) is 0 Å². The highest BCUT2D eigenvalue weighted by molar-refractivity contribution is 5.92. The first-order chi connectivity index (χ1) is 13.6. The van der Waals surface area contributed by atoms with Crippen molar-refractivity contribution in [1.29, 1.82) is 0 Å². The molecule has 1 saturated carbocycles. The number of halogens is 1. The molecule has 2 fully saturated rings. The van der Waals surface area contributed by atoms with Crippen LogP contribution in [0.2, 0.25) is 0 Å². The molecule has 1 saturated heterocycles. The van der Waals surface area contributed by atoms with Gasteiger partial charge in [0.25, 0.3) is 5.91 Å². The van der Waals surface area contributed by atoms with Crippen molar-refractivity contribution in [2.24, 2.45) is 0 Å². The highest BCUT2D eigenvalue weighted by Crippen LogP contribution is 2.22. The summed E-state index contributed by atoms with van der Waals surface area (Å²) in [6.45, 7) is 4.17. The number of hydrogen-bond donors (Lipinski definition) is 1. The van der Waals surface area contributed by atoms with Crippen LogP contribution in [0.25, 0.3) is 0 Å². The molecule has 148 valence electrons.